The topological polar surface area (TPSA) is 50.4 Å². The second-order valence-electron chi connectivity index (χ2n) is 11.2. The van der Waals surface area contributed by atoms with Crippen LogP contribution in [-0.2, 0) is 5.54 Å². The molecule has 0 radical (unpaired) electrons. The van der Waals surface area contributed by atoms with Gasteiger partial charge >= 0.3 is 0 Å². The van der Waals surface area contributed by atoms with Gasteiger partial charge in [0.05, 0.1) is 5.69 Å². The molecular formula is C37H33N3. The van der Waals surface area contributed by atoms with E-state index in [1.165, 1.54) is 43.8 Å². The Hall–Kier alpha value is -4.47. The molecule has 5 aromatic carbocycles. The van der Waals surface area contributed by atoms with Gasteiger partial charge in [0.1, 0.15) is 5.54 Å². The monoisotopic (exact) mass is 519 g/mol. The second-order valence-corrected chi connectivity index (χ2v) is 11.2. The summed E-state index contributed by atoms with van der Waals surface area (Å²) in [5, 5.41) is 8.65. The average Bonchev–Trinajstić information content (AvgIpc) is 3.22. The van der Waals surface area contributed by atoms with Crippen molar-refractivity contribution in [3.05, 3.63) is 131 Å². The molecule has 40 heavy (non-hydrogen) atoms. The maximum absolute atomic E-state index is 6.57. The largest absolute Gasteiger partial charge is 0.355 e. The lowest BCUT2D eigenvalue weighted by atomic mass is 9.81. The van der Waals surface area contributed by atoms with Crippen LogP contribution in [0.2, 0.25) is 0 Å². The number of aliphatic imine (C=N–C) groups is 1. The van der Waals surface area contributed by atoms with E-state index in [0.717, 1.165) is 41.8 Å². The van der Waals surface area contributed by atoms with Crippen LogP contribution in [0, 0.1) is 0 Å². The van der Waals surface area contributed by atoms with Gasteiger partial charge in [0, 0.05) is 28.7 Å². The summed E-state index contributed by atoms with van der Waals surface area (Å²) in [6.45, 7) is 6.28. The van der Waals surface area contributed by atoms with Gasteiger partial charge in [0.2, 0.25) is 0 Å². The summed E-state index contributed by atoms with van der Waals surface area (Å²) in [6, 6.07) is 34.6. The molecule has 0 spiro atoms. The van der Waals surface area contributed by atoms with Gasteiger partial charge in [-0.15, -0.1) is 0 Å². The molecule has 7 rings (SSSR count). The summed E-state index contributed by atoms with van der Waals surface area (Å²) in [7, 11) is 0. The van der Waals surface area contributed by atoms with Crippen LogP contribution in [-0.4, -0.2) is 12.3 Å². The van der Waals surface area contributed by atoms with Gasteiger partial charge in [-0.05, 0) is 101 Å². The number of benzene rings is 5. The van der Waals surface area contributed by atoms with Gasteiger partial charge in [-0.25, -0.2) is 0 Å². The van der Waals surface area contributed by atoms with E-state index in [1.54, 1.807) is 0 Å². The molecule has 0 aliphatic heterocycles. The predicted molar refractivity (Wildman–Crippen MR) is 171 cm³/mol. The molecule has 2 aliphatic carbocycles. The van der Waals surface area contributed by atoms with Gasteiger partial charge in [0.15, 0.2) is 0 Å². The highest BCUT2D eigenvalue weighted by Crippen LogP contribution is 2.54. The summed E-state index contributed by atoms with van der Waals surface area (Å²) >= 11 is 0. The molecule has 2 aliphatic rings. The van der Waals surface area contributed by atoms with Crippen LogP contribution in [0.25, 0.3) is 33.2 Å². The Bertz CT molecular complexity index is 1850. The van der Waals surface area contributed by atoms with Crippen LogP contribution in [0.3, 0.4) is 0 Å². The maximum Gasteiger partial charge on any atom is 0.105 e. The van der Waals surface area contributed by atoms with Crippen molar-refractivity contribution >= 4 is 50.8 Å². The fraction of sp³-hybridized carbons (Fsp3) is 0.162. The maximum atomic E-state index is 6.57. The van der Waals surface area contributed by atoms with Crippen molar-refractivity contribution in [2.75, 3.05) is 5.32 Å². The van der Waals surface area contributed by atoms with Crippen molar-refractivity contribution in [3.63, 3.8) is 0 Å². The molecule has 3 N–H and O–H groups in total. The summed E-state index contributed by atoms with van der Waals surface area (Å²) in [5.41, 5.74) is 15.8. The second kappa shape index (κ2) is 9.62. The zero-order valence-electron chi connectivity index (χ0n) is 22.8. The molecule has 0 heterocycles. The molecule has 0 saturated carbocycles. The smallest absolute Gasteiger partial charge is 0.105 e. The molecule has 2 atom stereocenters. The summed E-state index contributed by atoms with van der Waals surface area (Å²) in [6.07, 6.45) is 6.80. The molecule has 0 fully saturated rings. The van der Waals surface area contributed by atoms with Gasteiger partial charge in [-0.3, -0.25) is 4.99 Å². The van der Waals surface area contributed by atoms with Gasteiger partial charge in [-0.2, -0.15) is 0 Å². The average molecular weight is 520 g/mol. The molecule has 0 saturated heterocycles. The zero-order valence-corrected chi connectivity index (χ0v) is 22.8. The number of hydrogen-bond donors (Lipinski definition) is 2. The van der Waals surface area contributed by atoms with Gasteiger partial charge in [-0.1, -0.05) is 79.4 Å². The lowest BCUT2D eigenvalue weighted by Gasteiger charge is -2.30. The molecule has 196 valence electrons. The highest BCUT2D eigenvalue weighted by atomic mass is 14.9. The third-order valence-electron chi connectivity index (χ3n) is 8.75. The normalized spacial score (nSPS) is 20.2. The summed E-state index contributed by atoms with van der Waals surface area (Å²) in [5.74, 6) is 0. The van der Waals surface area contributed by atoms with E-state index in [4.69, 9.17) is 10.7 Å². The quantitative estimate of drug-likeness (QED) is 0.180. The third kappa shape index (κ3) is 3.97. The standard InChI is InChI=1S/C37H33N3/c1-3-24-11-7-8-13-26(24)23-39-37(2)34-21-28(38)17-18-31(34)33-20-27-19-25-12-9-10-16-30(25)36(32(27)22-35(33)37)40-29-14-5-4-6-15-29/h3-16,19-20,22-23,28,40H,1,17-18,21,38H2,2H3/b39-23+. The molecule has 5 aromatic rings. The fourth-order valence-corrected chi connectivity index (χ4v) is 6.65. The van der Waals surface area contributed by atoms with Gasteiger partial charge in [0.25, 0.3) is 0 Å². The number of fused-ring (bicyclic) bond motifs is 4. The van der Waals surface area contributed by atoms with Crippen LogP contribution < -0.4 is 11.1 Å². The lowest BCUT2D eigenvalue weighted by Crippen LogP contribution is -2.29. The molecule has 3 heteroatoms. The first-order valence-electron chi connectivity index (χ1n) is 14.1. The van der Waals surface area contributed by atoms with E-state index in [1.807, 2.05) is 24.4 Å². The Labute approximate surface area is 235 Å². The van der Waals surface area contributed by atoms with E-state index < -0.39 is 5.54 Å². The van der Waals surface area contributed by atoms with E-state index in [-0.39, 0.29) is 6.04 Å². The zero-order chi connectivity index (χ0) is 27.3. The molecule has 0 aromatic heterocycles. The number of nitrogens with two attached hydrogens (primary N) is 1. The highest BCUT2D eigenvalue weighted by Gasteiger charge is 2.43. The number of rotatable bonds is 5. The first-order chi connectivity index (χ1) is 19.5. The van der Waals surface area contributed by atoms with Crippen molar-refractivity contribution in [3.8, 4) is 0 Å². The Morgan fingerprint density at radius 3 is 2.45 bits per heavy atom. The molecule has 0 bridgehead atoms. The van der Waals surface area contributed by atoms with E-state index in [0.29, 0.717) is 0 Å². The summed E-state index contributed by atoms with van der Waals surface area (Å²) in [4.78, 5) is 5.37. The Balaban J connectivity index is 1.47. The number of nitrogens with one attached hydrogen (secondary N) is 1. The van der Waals surface area contributed by atoms with Crippen molar-refractivity contribution < 1.29 is 0 Å². The SMILES string of the molecule is C=Cc1ccccc1/C=N/C1(C)C2=C(CCC(N)C2)c2cc3cc4ccccc4c(Nc4ccccc4)c3cc21. The van der Waals surface area contributed by atoms with Crippen LogP contribution in [0.15, 0.2) is 114 Å². The van der Waals surface area contributed by atoms with Crippen molar-refractivity contribution in [1.82, 2.24) is 0 Å². The van der Waals surface area contributed by atoms with Crippen LogP contribution in [0.5, 0.6) is 0 Å². The Morgan fingerprint density at radius 2 is 1.62 bits per heavy atom. The highest BCUT2D eigenvalue weighted by molar-refractivity contribution is 6.13. The number of anilines is 2. The number of allylic oxidation sites excluding steroid dienone is 1. The van der Waals surface area contributed by atoms with Crippen molar-refractivity contribution in [2.45, 2.75) is 37.8 Å². The van der Waals surface area contributed by atoms with E-state index in [9.17, 15) is 0 Å². The molecule has 0 amide bonds. The third-order valence-corrected chi connectivity index (χ3v) is 8.75. The Morgan fingerprint density at radius 1 is 0.875 bits per heavy atom. The van der Waals surface area contributed by atoms with Gasteiger partial charge < -0.3 is 11.1 Å². The summed E-state index contributed by atoms with van der Waals surface area (Å²) < 4.78 is 0. The number of nitrogens with zero attached hydrogens (tertiary/aromatic N) is 1. The lowest BCUT2D eigenvalue weighted by molar-refractivity contribution is 0.514. The number of para-hydroxylation sites is 1. The first-order valence-corrected chi connectivity index (χ1v) is 14.1. The van der Waals surface area contributed by atoms with Crippen molar-refractivity contribution in [2.24, 2.45) is 10.7 Å². The van der Waals surface area contributed by atoms with E-state index >= 15 is 0 Å². The number of hydrogen-bond acceptors (Lipinski definition) is 3. The molecule has 3 nitrogen and oxygen atoms in total. The minimum atomic E-state index is -0.485. The molecular weight excluding hydrogens is 486 g/mol. The predicted octanol–water partition coefficient (Wildman–Crippen LogP) is 8.99. The molecule has 2 unspecified atom stereocenters. The van der Waals surface area contributed by atoms with Crippen molar-refractivity contribution in [1.29, 1.82) is 0 Å². The minimum absolute atomic E-state index is 0.162. The van der Waals surface area contributed by atoms with Crippen LogP contribution in [0.4, 0.5) is 11.4 Å². The van der Waals surface area contributed by atoms with Crippen LogP contribution in [0.1, 0.15) is 48.4 Å². The fourth-order valence-electron chi connectivity index (χ4n) is 6.65. The van der Waals surface area contributed by atoms with E-state index in [2.05, 4.69) is 104 Å². The Kier molecular flexibility index (Phi) is 5.91. The van der Waals surface area contributed by atoms with Crippen LogP contribution >= 0.6 is 0 Å². The first kappa shape index (κ1) is 24.6. The minimum Gasteiger partial charge on any atom is -0.355 e.